The molecule has 0 aromatic heterocycles. The zero-order valence-corrected chi connectivity index (χ0v) is 14.1. The Kier molecular flexibility index (Phi) is 6.23. The van der Waals surface area contributed by atoms with Crippen molar-refractivity contribution in [3.63, 3.8) is 0 Å². The van der Waals surface area contributed by atoms with Crippen LogP contribution in [-0.4, -0.2) is 23.3 Å². The highest BCUT2D eigenvalue weighted by Crippen LogP contribution is 2.12. The van der Waals surface area contributed by atoms with Gasteiger partial charge in [-0.05, 0) is 43.7 Å². The molecule has 120 valence electrons. The van der Waals surface area contributed by atoms with Gasteiger partial charge in [-0.2, -0.15) is 0 Å². The number of rotatable bonds is 6. The van der Waals surface area contributed by atoms with E-state index in [0.29, 0.717) is 0 Å². The number of carbonyl (C=O) groups excluding carboxylic acids is 2. The SMILES string of the molecule is Cc1ccc(NC(=O)CSCC(=O)Nc2cccc(C)c2)cc1. The van der Waals surface area contributed by atoms with Crippen LogP contribution in [0.2, 0.25) is 0 Å². The lowest BCUT2D eigenvalue weighted by Crippen LogP contribution is -2.18. The number of anilines is 2. The molecule has 0 bridgehead atoms. The minimum atomic E-state index is -0.109. The number of nitrogens with one attached hydrogen (secondary N) is 2. The summed E-state index contributed by atoms with van der Waals surface area (Å²) in [6.45, 7) is 3.97. The molecule has 0 radical (unpaired) electrons. The predicted octanol–water partition coefficient (Wildman–Crippen LogP) is 3.61. The summed E-state index contributed by atoms with van der Waals surface area (Å²) in [4.78, 5) is 23.7. The van der Waals surface area contributed by atoms with E-state index in [1.165, 1.54) is 11.8 Å². The molecule has 0 saturated carbocycles. The second kappa shape index (κ2) is 8.39. The van der Waals surface area contributed by atoms with E-state index in [1.54, 1.807) is 0 Å². The number of hydrogen-bond acceptors (Lipinski definition) is 3. The molecule has 4 nitrogen and oxygen atoms in total. The third-order valence-corrected chi connectivity index (χ3v) is 4.04. The van der Waals surface area contributed by atoms with E-state index in [4.69, 9.17) is 0 Å². The lowest BCUT2D eigenvalue weighted by atomic mass is 10.2. The first kappa shape index (κ1) is 17.1. The molecule has 2 aromatic carbocycles. The van der Waals surface area contributed by atoms with E-state index in [2.05, 4.69) is 10.6 Å². The molecule has 2 aromatic rings. The summed E-state index contributed by atoms with van der Waals surface area (Å²) < 4.78 is 0. The maximum Gasteiger partial charge on any atom is 0.234 e. The lowest BCUT2D eigenvalue weighted by Gasteiger charge is -2.07. The molecule has 5 heteroatoms. The Hall–Kier alpha value is -2.27. The van der Waals surface area contributed by atoms with Crippen molar-refractivity contribution >= 4 is 35.0 Å². The summed E-state index contributed by atoms with van der Waals surface area (Å²) in [5.74, 6) is 0.274. The average molecular weight is 328 g/mol. The highest BCUT2D eigenvalue weighted by atomic mass is 32.2. The molecular formula is C18H20N2O2S. The molecule has 2 N–H and O–H groups in total. The Morgan fingerprint density at radius 2 is 1.43 bits per heavy atom. The fourth-order valence-electron chi connectivity index (χ4n) is 1.99. The van der Waals surface area contributed by atoms with E-state index >= 15 is 0 Å². The van der Waals surface area contributed by atoms with Crippen molar-refractivity contribution in [1.29, 1.82) is 0 Å². The Morgan fingerprint density at radius 3 is 2.04 bits per heavy atom. The predicted molar refractivity (Wildman–Crippen MR) is 96.9 cm³/mol. The minimum Gasteiger partial charge on any atom is -0.325 e. The fourth-order valence-corrected chi connectivity index (χ4v) is 2.61. The van der Waals surface area contributed by atoms with Crippen LogP contribution in [0.5, 0.6) is 0 Å². The first-order valence-corrected chi connectivity index (χ1v) is 8.49. The fraction of sp³-hybridized carbons (Fsp3) is 0.222. The number of benzene rings is 2. The van der Waals surface area contributed by atoms with E-state index < -0.39 is 0 Å². The molecule has 23 heavy (non-hydrogen) atoms. The molecule has 0 spiro atoms. The average Bonchev–Trinajstić information content (AvgIpc) is 2.49. The van der Waals surface area contributed by atoms with Gasteiger partial charge in [-0.15, -0.1) is 11.8 Å². The lowest BCUT2D eigenvalue weighted by molar-refractivity contribution is -0.114. The Morgan fingerprint density at radius 1 is 0.826 bits per heavy atom. The highest BCUT2D eigenvalue weighted by Gasteiger charge is 2.06. The number of thioether (sulfide) groups is 1. The van der Waals surface area contributed by atoms with Crippen LogP contribution in [0.1, 0.15) is 11.1 Å². The summed E-state index contributed by atoms with van der Waals surface area (Å²) in [6, 6.07) is 15.2. The summed E-state index contributed by atoms with van der Waals surface area (Å²) in [6.07, 6.45) is 0. The zero-order chi connectivity index (χ0) is 16.7. The minimum absolute atomic E-state index is 0.108. The maximum atomic E-state index is 11.8. The molecule has 0 unspecified atom stereocenters. The normalized spacial score (nSPS) is 10.2. The van der Waals surface area contributed by atoms with Crippen molar-refractivity contribution in [3.8, 4) is 0 Å². The quantitative estimate of drug-likeness (QED) is 0.851. The van der Waals surface area contributed by atoms with Crippen molar-refractivity contribution in [2.75, 3.05) is 22.1 Å². The largest absolute Gasteiger partial charge is 0.325 e. The van der Waals surface area contributed by atoms with Gasteiger partial charge in [0, 0.05) is 11.4 Å². The van der Waals surface area contributed by atoms with Gasteiger partial charge in [0.2, 0.25) is 11.8 Å². The standard InChI is InChI=1S/C18H20N2O2S/c1-13-6-8-15(9-7-13)19-17(21)11-23-12-18(22)20-16-5-3-4-14(2)10-16/h3-10H,11-12H2,1-2H3,(H,19,21)(H,20,22). The van der Waals surface area contributed by atoms with Crippen LogP contribution >= 0.6 is 11.8 Å². The first-order chi connectivity index (χ1) is 11.0. The first-order valence-electron chi connectivity index (χ1n) is 7.34. The second-order valence-electron chi connectivity index (χ2n) is 5.32. The van der Waals surface area contributed by atoms with Crippen molar-refractivity contribution in [2.24, 2.45) is 0 Å². The molecule has 0 aliphatic rings. The molecule has 0 heterocycles. The Bertz CT molecular complexity index is 684. The van der Waals surface area contributed by atoms with Crippen molar-refractivity contribution in [2.45, 2.75) is 13.8 Å². The van der Waals surface area contributed by atoms with Crippen LogP contribution < -0.4 is 10.6 Å². The second-order valence-corrected chi connectivity index (χ2v) is 6.31. The number of hydrogen-bond donors (Lipinski definition) is 2. The van der Waals surface area contributed by atoms with Gasteiger partial charge in [0.05, 0.1) is 11.5 Å². The van der Waals surface area contributed by atoms with Crippen LogP contribution in [0, 0.1) is 13.8 Å². The highest BCUT2D eigenvalue weighted by molar-refractivity contribution is 8.00. The van der Waals surface area contributed by atoms with E-state index in [0.717, 1.165) is 22.5 Å². The monoisotopic (exact) mass is 328 g/mol. The number of amides is 2. The molecule has 0 atom stereocenters. The number of carbonyl (C=O) groups is 2. The molecule has 0 aliphatic heterocycles. The van der Waals surface area contributed by atoms with Gasteiger partial charge in [0.25, 0.3) is 0 Å². The molecule has 0 saturated heterocycles. The molecule has 2 amide bonds. The van der Waals surface area contributed by atoms with Gasteiger partial charge in [0.1, 0.15) is 0 Å². The van der Waals surface area contributed by atoms with E-state index in [1.807, 2.05) is 62.4 Å². The van der Waals surface area contributed by atoms with Gasteiger partial charge in [-0.3, -0.25) is 9.59 Å². The van der Waals surface area contributed by atoms with Gasteiger partial charge in [-0.25, -0.2) is 0 Å². The molecule has 2 rings (SSSR count). The van der Waals surface area contributed by atoms with Crippen LogP contribution in [0.15, 0.2) is 48.5 Å². The van der Waals surface area contributed by atoms with Crippen LogP contribution in [0.25, 0.3) is 0 Å². The smallest absolute Gasteiger partial charge is 0.234 e. The molecule has 0 aliphatic carbocycles. The Labute approximate surface area is 140 Å². The van der Waals surface area contributed by atoms with Crippen LogP contribution in [-0.2, 0) is 9.59 Å². The Balaban J connectivity index is 1.70. The van der Waals surface area contributed by atoms with Crippen LogP contribution in [0.3, 0.4) is 0 Å². The summed E-state index contributed by atoms with van der Waals surface area (Å²) in [5, 5.41) is 5.63. The topological polar surface area (TPSA) is 58.2 Å². The summed E-state index contributed by atoms with van der Waals surface area (Å²) in [7, 11) is 0. The summed E-state index contributed by atoms with van der Waals surface area (Å²) >= 11 is 1.29. The third kappa shape index (κ3) is 6.16. The van der Waals surface area contributed by atoms with Gasteiger partial charge >= 0.3 is 0 Å². The zero-order valence-electron chi connectivity index (χ0n) is 13.3. The summed E-state index contributed by atoms with van der Waals surface area (Å²) in [5.41, 5.74) is 3.78. The third-order valence-electron chi connectivity index (χ3n) is 3.10. The van der Waals surface area contributed by atoms with Crippen molar-refractivity contribution in [3.05, 3.63) is 59.7 Å². The van der Waals surface area contributed by atoms with Gasteiger partial charge in [0.15, 0.2) is 0 Å². The van der Waals surface area contributed by atoms with E-state index in [9.17, 15) is 9.59 Å². The molecular weight excluding hydrogens is 308 g/mol. The van der Waals surface area contributed by atoms with Gasteiger partial charge in [-0.1, -0.05) is 29.8 Å². The molecule has 0 fully saturated rings. The van der Waals surface area contributed by atoms with Gasteiger partial charge < -0.3 is 10.6 Å². The number of aryl methyl sites for hydroxylation is 2. The maximum absolute atomic E-state index is 11.8. The van der Waals surface area contributed by atoms with Crippen molar-refractivity contribution < 1.29 is 9.59 Å². The van der Waals surface area contributed by atoms with Crippen LogP contribution in [0.4, 0.5) is 11.4 Å². The van der Waals surface area contributed by atoms with Crippen molar-refractivity contribution in [1.82, 2.24) is 0 Å². The van der Waals surface area contributed by atoms with E-state index in [-0.39, 0.29) is 23.3 Å².